The van der Waals surface area contributed by atoms with Crippen molar-refractivity contribution in [1.29, 1.82) is 0 Å². The van der Waals surface area contributed by atoms with Crippen LogP contribution >= 0.6 is 12.2 Å². The largest absolute Gasteiger partial charge is 0.497 e. The van der Waals surface area contributed by atoms with Crippen LogP contribution in [0.2, 0.25) is 0 Å². The van der Waals surface area contributed by atoms with Crippen molar-refractivity contribution in [2.45, 2.75) is 58.8 Å². The molecule has 1 saturated carbocycles. The third-order valence-electron chi connectivity index (χ3n) is 5.73. The van der Waals surface area contributed by atoms with E-state index in [1.165, 1.54) is 37.1 Å². The summed E-state index contributed by atoms with van der Waals surface area (Å²) in [6.45, 7) is 5.92. The monoisotopic (exact) mass is 389 g/mol. The number of rotatable bonds is 7. The topological polar surface area (TPSA) is 31.6 Å². The maximum atomic E-state index is 5.86. The van der Waals surface area contributed by atoms with Crippen LogP contribution in [0, 0.1) is 18.6 Å². The molecule has 1 aliphatic carbocycles. The molecule has 27 heavy (non-hydrogen) atoms. The highest BCUT2D eigenvalue weighted by atomic mass is 32.1. The van der Waals surface area contributed by atoms with Gasteiger partial charge in [0, 0.05) is 35.6 Å². The summed E-state index contributed by atoms with van der Waals surface area (Å²) < 4.78 is 16.4. The van der Waals surface area contributed by atoms with Gasteiger partial charge < -0.3 is 18.6 Å². The molecule has 0 aliphatic heterocycles. The summed E-state index contributed by atoms with van der Waals surface area (Å²) in [5.74, 6) is 1.65. The Kier molecular flexibility index (Phi) is 6.27. The fourth-order valence-electron chi connectivity index (χ4n) is 4.11. The van der Waals surface area contributed by atoms with E-state index in [1.807, 2.05) is 12.1 Å². The second-order valence-corrected chi connectivity index (χ2v) is 7.89. The van der Waals surface area contributed by atoms with Gasteiger partial charge in [-0.05, 0) is 52.0 Å². The van der Waals surface area contributed by atoms with Crippen molar-refractivity contribution in [2.24, 2.45) is 0 Å². The van der Waals surface area contributed by atoms with Crippen LogP contribution in [0.3, 0.4) is 0 Å². The minimum absolute atomic E-state index is 0.574. The number of nitrogens with zero attached hydrogens (tertiary/aromatic N) is 3. The molecule has 1 aliphatic rings. The quantitative estimate of drug-likeness (QED) is 0.633. The molecule has 1 aromatic carbocycles. The lowest BCUT2D eigenvalue weighted by Crippen LogP contribution is -2.23. The summed E-state index contributed by atoms with van der Waals surface area (Å²) in [5.41, 5.74) is 3.71. The second-order valence-electron chi connectivity index (χ2n) is 7.52. The van der Waals surface area contributed by atoms with Crippen LogP contribution in [0.5, 0.6) is 11.5 Å². The number of hydrogen-bond donors (Lipinski definition) is 0. The first-order valence-corrected chi connectivity index (χ1v) is 10.0. The van der Waals surface area contributed by atoms with Gasteiger partial charge in [-0.3, -0.25) is 4.90 Å². The average Bonchev–Trinajstić information content (AvgIpc) is 3.25. The van der Waals surface area contributed by atoms with E-state index in [4.69, 9.17) is 21.7 Å². The van der Waals surface area contributed by atoms with E-state index in [0.29, 0.717) is 6.04 Å². The molecule has 0 bridgehead atoms. The molecule has 3 rings (SSSR count). The van der Waals surface area contributed by atoms with Crippen LogP contribution < -0.4 is 9.47 Å². The molecule has 2 aromatic rings. The number of benzene rings is 1. The van der Waals surface area contributed by atoms with E-state index in [2.05, 4.69) is 41.0 Å². The number of hydrogen-bond acceptors (Lipinski definition) is 4. The predicted octanol–water partition coefficient (Wildman–Crippen LogP) is 4.86. The number of imidazole rings is 1. The fourth-order valence-corrected chi connectivity index (χ4v) is 4.59. The third kappa shape index (κ3) is 4.06. The normalized spacial score (nSPS) is 14.9. The van der Waals surface area contributed by atoms with E-state index in [9.17, 15) is 0 Å². The molecule has 0 spiro atoms. The van der Waals surface area contributed by atoms with Crippen LogP contribution in [0.15, 0.2) is 18.2 Å². The van der Waals surface area contributed by atoms with Crippen molar-refractivity contribution >= 4 is 12.2 Å². The van der Waals surface area contributed by atoms with E-state index in [-0.39, 0.29) is 0 Å². The highest BCUT2D eigenvalue weighted by Crippen LogP contribution is 2.32. The summed E-state index contributed by atoms with van der Waals surface area (Å²) in [5, 5.41) is 0. The summed E-state index contributed by atoms with van der Waals surface area (Å²) in [6.07, 6.45) is 5.12. The fraction of sp³-hybridized carbons (Fsp3) is 0.571. The van der Waals surface area contributed by atoms with E-state index < -0.39 is 0 Å². The molecular weight excluding hydrogens is 358 g/mol. The van der Waals surface area contributed by atoms with E-state index in [0.717, 1.165) is 35.0 Å². The Morgan fingerprint density at radius 2 is 1.81 bits per heavy atom. The van der Waals surface area contributed by atoms with Crippen molar-refractivity contribution in [3.05, 3.63) is 39.9 Å². The molecule has 6 heteroatoms. The highest BCUT2D eigenvalue weighted by molar-refractivity contribution is 7.71. The smallest absolute Gasteiger partial charge is 0.181 e. The maximum Gasteiger partial charge on any atom is 0.181 e. The summed E-state index contributed by atoms with van der Waals surface area (Å²) in [6, 6.07) is 6.55. The molecule has 0 radical (unpaired) electrons. The molecular formula is C21H31N3O2S. The Morgan fingerprint density at radius 3 is 2.44 bits per heavy atom. The molecule has 5 nitrogen and oxygen atoms in total. The Labute approximate surface area is 167 Å². The van der Waals surface area contributed by atoms with Gasteiger partial charge >= 0.3 is 0 Å². The standard InChI is InChI=1S/C21H31N3O2S/c1-15-16(2)24(18-8-6-7-9-18)21(27)23(15)14-22(3)13-17-10-11-19(25-4)12-20(17)26-5/h10-12,18H,6-9,13-14H2,1-5H3. The van der Waals surface area contributed by atoms with Gasteiger partial charge in [0.25, 0.3) is 0 Å². The minimum atomic E-state index is 0.574. The van der Waals surface area contributed by atoms with Gasteiger partial charge in [-0.1, -0.05) is 18.9 Å². The van der Waals surface area contributed by atoms with E-state index in [1.54, 1.807) is 14.2 Å². The van der Waals surface area contributed by atoms with Crippen LogP contribution in [0.4, 0.5) is 0 Å². The molecule has 1 heterocycles. The van der Waals surface area contributed by atoms with Gasteiger partial charge in [-0.15, -0.1) is 0 Å². The SMILES string of the molecule is COc1ccc(CN(C)Cn2c(C)c(C)n(C3CCCC3)c2=S)c(OC)c1. The highest BCUT2D eigenvalue weighted by Gasteiger charge is 2.22. The van der Waals surface area contributed by atoms with Crippen LogP contribution in [-0.2, 0) is 13.2 Å². The number of ether oxygens (including phenoxy) is 2. The third-order valence-corrected chi connectivity index (χ3v) is 6.15. The molecule has 1 aromatic heterocycles. The van der Waals surface area contributed by atoms with Gasteiger partial charge in [0.1, 0.15) is 11.5 Å². The summed E-state index contributed by atoms with van der Waals surface area (Å²) in [4.78, 5) is 2.27. The lowest BCUT2D eigenvalue weighted by Gasteiger charge is -2.20. The lowest BCUT2D eigenvalue weighted by atomic mass is 10.2. The predicted molar refractivity (Wildman–Crippen MR) is 111 cm³/mol. The van der Waals surface area contributed by atoms with E-state index >= 15 is 0 Å². The van der Waals surface area contributed by atoms with Crippen LogP contribution in [0.1, 0.15) is 48.7 Å². The van der Waals surface area contributed by atoms with Crippen molar-refractivity contribution in [1.82, 2.24) is 14.0 Å². The first-order valence-electron chi connectivity index (χ1n) is 9.64. The lowest BCUT2D eigenvalue weighted by molar-refractivity contribution is 0.250. The van der Waals surface area contributed by atoms with Gasteiger partial charge in [0.05, 0.1) is 20.9 Å². The zero-order valence-electron chi connectivity index (χ0n) is 17.1. The van der Waals surface area contributed by atoms with Gasteiger partial charge in [0.2, 0.25) is 0 Å². The average molecular weight is 390 g/mol. The Morgan fingerprint density at radius 1 is 1.11 bits per heavy atom. The zero-order chi connectivity index (χ0) is 19.6. The Hall–Kier alpha value is -1.79. The van der Waals surface area contributed by atoms with Crippen molar-refractivity contribution in [2.75, 3.05) is 21.3 Å². The van der Waals surface area contributed by atoms with Crippen molar-refractivity contribution < 1.29 is 9.47 Å². The van der Waals surface area contributed by atoms with Crippen LogP contribution in [-0.4, -0.2) is 35.3 Å². The Bertz CT molecular complexity index is 850. The van der Waals surface area contributed by atoms with Crippen molar-refractivity contribution in [3.63, 3.8) is 0 Å². The van der Waals surface area contributed by atoms with Crippen molar-refractivity contribution in [3.8, 4) is 11.5 Å². The Balaban J connectivity index is 1.80. The summed E-state index contributed by atoms with van der Waals surface area (Å²) >= 11 is 5.86. The number of aromatic nitrogens is 2. The molecule has 1 fully saturated rings. The number of methoxy groups -OCH3 is 2. The first kappa shape index (κ1) is 20.0. The molecule has 0 amide bonds. The summed E-state index contributed by atoms with van der Waals surface area (Å²) in [7, 11) is 5.49. The molecule has 0 unspecified atom stereocenters. The van der Waals surface area contributed by atoms with Crippen LogP contribution in [0.25, 0.3) is 0 Å². The van der Waals surface area contributed by atoms with Gasteiger partial charge in [-0.25, -0.2) is 0 Å². The molecule has 0 saturated heterocycles. The van der Waals surface area contributed by atoms with Gasteiger partial charge in [0.15, 0.2) is 4.77 Å². The molecule has 0 atom stereocenters. The molecule has 0 N–H and O–H groups in total. The zero-order valence-corrected chi connectivity index (χ0v) is 17.9. The minimum Gasteiger partial charge on any atom is -0.497 e. The molecule has 148 valence electrons. The van der Waals surface area contributed by atoms with Gasteiger partial charge in [-0.2, -0.15) is 0 Å². The first-order chi connectivity index (χ1) is 13.0. The second kappa shape index (κ2) is 8.48. The maximum absolute atomic E-state index is 5.86.